The van der Waals surface area contributed by atoms with Crippen molar-refractivity contribution < 1.29 is 18.3 Å². The first-order valence-electron chi connectivity index (χ1n) is 5.10. The van der Waals surface area contributed by atoms with Crippen LogP contribution in [0.3, 0.4) is 0 Å². The van der Waals surface area contributed by atoms with E-state index in [1.54, 1.807) is 0 Å². The number of aliphatic hydroxyl groups excluding tert-OH is 1. The highest BCUT2D eigenvalue weighted by Crippen LogP contribution is 2.38. The molecule has 0 bridgehead atoms. The summed E-state index contributed by atoms with van der Waals surface area (Å²) in [4.78, 5) is 0. The zero-order valence-electron chi connectivity index (χ0n) is 8.97. The summed E-state index contributed by atoms with van der Waals surface area (Å²) in [6.45, 7) is -0.0513. The van der Waals surface area contributed by atoms with Crippen LogP contribution in [0.25, 0.3) is 0 Å². The van der Waals surface area contributed by atoms with Gasteiger partial charge in [-0.25, -0.2) is 0 Å². The minimum atomic E-state index is -4.48. The lowest BCUT2D eigenvalue weighted by Gasteiger charge is -2.16. The van der Waals surface area contributed by atoms with Crippen LogP contribution < -0.4 is 5.73 Å². The molecule has 0 amide bonds. The molecule has 0 fully saturated rings. The van der Waals surface area contributed by atoms with Crippen molar-refractivity contribution in [2.45, 2.75) is 25.1 Å². The Morgan fingerprint density at radius 1 is 1.35 bits per heavy atom. The van der Waals surface area contributed by atoms with Gasteiger partial charge >= 0.3 is 6.18 Å². The van der Waals surface area contributed by atoms with Crippen LogP contribution in [0.4, 0.5) is 13.2 Å². The van der Waals surface area contributed by atoms with Crippen LogP contribution in [0.1, 0.15) is 30.0 Å². The van der Waals surface area contributed by atoms with Crippen molar-refractivity contribution in [1.82, 2.24) is 0 Å². The predicted molar refractivity (Wildman–Crippen MR) is 59.7 cm³/mol. The second-order valence-electron chi connectivity index (χ2n) is 3.68. The highest BCUT2D eigenvalue weighted by atomic mass is 35.5. The largest absolute Gasteiger partial charge is 0.417 e. The summed E-state index contributed by atoms with van der Waals surface area (Å²) in [6.07, 6.45) is -3.67. The van der Waals surface area contributed by atoms with Crippen LogP contribution in [0.15, 0.2) is 18.2 Å². The van der Waals surface area contributed by atoms with Crippen molar-refractivity contribution in [3.8, 4) is 0 Å². The van der Waals surface area contributed by atoms with E-state index in [-0.39, 0.29) is 17.2 Å². The van der Waals surface area contributed by atoms with Gasteiger partial charge in [0.25, 0.3) is 0 Å². The molecule has 6 heteroatoms. The Hall–Kier alpha value is -0.780. The first-order valence-corrected chi connectivity index (χ1v) is 5.47. The number of hydrogen-bond acceptors (Lipinski definition) is 2. The number of benzene rings is 1. The molecule has 0 spiro atoms. The lowest BCUT2D eigenvalue weighted by molar-refractivity contribution is -0.137. The van der Waals surface area contributed by atoms with Crippen molar-refractivity contribution in [1.29, 1.82) is 0 Å². The van der Waals surface area contributed by atoms with Gasteiger partial charge in [-0.15, -0.1) is 0 Å². The Labute approximate surface area is 102 Å². The Bertz CT molecular complexity index is 381. The lowest BCUT2D eigenvalue weighted by Crippen LogP contribution is -2.14. The van der Waals surface area contributed by atoms with Crippen molar-refractivity contribution >= 4 is 11.6 Å². The molecule has 0 unspecified atom stereocenters. The number of rotatable bonds is 4. The molecule has 0 aliphatic carbocycles. The van der Waals surface area contributed by atoms with Gasteiger partial charge in [-0.3, -0.25) is 0 Å². The van der Waals surface area contributed by atoms with E-state index in [4.69, 9.17) is 22.4 Å². The smallest absolute Gasteiger partial charge is 0.396 e. The van der Waals surface area contributed by atoms with Crippen LogP contribution in [-0.2, 0) is 6.18 Å². The maximum Gasteiger partial charge on any atom is 0.417 e. The van der Waals surface area contributed by atoms with Crippen LogP contribution in [0, 0.1) is 0 Å². The molecular weight excluding hydrogens is 255 g/mol. The molecule has 0 saturated carbocycles. The summed E-state index contributed by atoms with van der Waals surface area (Å²) in [5, 5.41) is 8.29. The Balaban J connectivity index is 3.02. The average Bonchev–Trinajstić information content (AvgIpc) is 2.24. The molecule has 0 saturated heterocycles. The summed E-state index contributed by atoms with van der Waals surface area (Å²) >= 11 is 5.70. The molecule has 3 N–H and O–H groups in total. The summed E-state index contributed by atoms with van der Waals surface area (Å²) in [5.74, 6) is 0. The third kappa shape index (κ3) is 3.59. The van der Waals surface area contributed by atoms with Crippen LogP contribution in [0.5, 0.6) is 0 Å². The average molecular weight is 268 g/mol. The minimum absolute atomic E-state index is 0.0513. The zero-order valence-corrected chi connectivity index (χ0v) is 9.72. The number of nitrogens with two attached hydrogens (primary N) is 1. The Morgan fingerprint density at radius 3 is 2.53 bits per heavy atom. The third-order valence-corrected chi connectivity index (χ3v) is 2.83. The number of halogens is 4. The Morgan fingerprint density at radius 2 is 2.00 bits per heavy atom. The molecule has 0 heterocycles. The normalized spacial score (nSPS) is 13.8. The highest BCUT2D eigenvalue weighted by molar-refractivity contribution is 6.32. The molecule has 0 aliphatic heterocycles. The van der Waals surface area contributed by atoms with Crippen LogP contribution in [0.2, 0.25) is 5.02 Å². The van der Waals surface area contributed by atoms with Gasteiger partial charge < -0.3 is 10.8 Å². The molecule has 96 valence electrons. The molecule has 17 heavy (non-hydrogen) atoms. The number of aliphatic hydroxyl groups is 1. The monoisotopic (exact) mass is 267 g/mol. The Kier molecular flexibility index (Phi) is 4.80. The van der Waals surface area contributed by atoms with Crippen molar-refractivity contribution in [3.63, 3.8) is 0 Å². The van der Waals surface area contributed by atoms with Crippen LogP contribution in [-0.4, -0.2) is 11.7 Å². The number of hydrogen-bond donors (Lipinski definition) is 2. The zero-order chi connectivity index (χ0) is 13.1. The van der Waals surface area contributed by atoms with Gasteiger partial charge in [0.1, 0.15) is 0 Å². The minimum Gasteiger partial charge on any atom is -0.396 e. The molecule has 0 aromatic heterocycles. The van der Waals surface area contributed by atoms with E-state index in [9.17, 15) is 13.2 Å². The molecule has 0 radical (unpaired) electrons. The van der Waals surface area contributed by atoms with Gasteiger partial charge in [-0.05, 0) is 24.5 Å². The van der Waals surface area contributed by atoms with E-state index in [0.29, 0.717) is 12.8 Å². The molecule has 2 nitrogen and oxygen atoms in total. The molecular formula is C11H13ClF3NO. The van der Waals surface area contributed by atoms with Gasteiger partial charge in [0.05, 0.1) is 10.6 Å². The van der Waals surface area contributed by atoms with E-state index in [2.05, 4.69) is 0 Å². The summed E-state index contributed by atoms with van der Waals surface area (Å²) in [5.41, 5.74) is 5.11. The predicted octanol–water partition coefficient (Wildman–Crippen LogP) is 3.13. The van der Waals surface area contributed by atoms with Gasteiger partial charge in [0.15, 0.2) is 0 Å². The summed E-state index contributed by atoms with van der Waals surface area (Å²) in [7, 11) is 0. The standard InChI is InChI=1S/C11H13ClF3NO/c12-10-7(9(16)5-2-6-17)3-1-4-8(10)11(13,14)15/h1,3-4,9,17H,2,5-6,16H2/t9-/m1/s1. The van der Waals surface area contributed by atoms with E-state index in [1.807, 2.05) is 0 Å². The van der Waals surface area contributed by atoms with Crippen molar-refractivity contribution in [2.75, 3.05) is 6.61 Å². The molecule has 1 atom stereocenters. The second kappa shape index (κ2) is 5.71. The fourth-order valence-corrected chi connectivity index (χ4v) is 1.90. The van der Waals surface area contributed by atoms with E-state index in [1.165, 1.54) is 12.1 Å². The lowest BCUT2D eigenvalue weighted by atomic mass is 10.0. The summed E-state index contributed by atoms with van der Waals surface area (Å²) in [6, 6.07) is 3.07. The van der Waals surface area contributed by atoms with E-state index < -0.39 is 17.8 Å². The van der Waals surface area contributed by atoms with Gasteiger partial charge in [0.2, 0.25) is 0 Å². The van der Waals surface area contributed by atoms with Crippen molar-refractivity contribution in [3.05, 3.63) is 34.3 Å². The van der Waals surface area contributed by atoms with Gasteiger partial charge in [0, 0.05) is 12.6 Å². The van der Waals surface area contributed by atoms with E-state index in [0.717, 1.165) is 6.07 Å². The van der Waals surface area contributed by atoms with Gasteiger partial charge in [-0.2, -0.15) is 13.2 Å². The highest BCUT2D eigenvalue weighted by Gasteiger charge is 2.34. The van der Waals surface area contributed by atoms with Crippen LogP contribution >= 0.6 is 11.6 Å². The molecule has 1 rings (SSSR count). The molecule has 0 aliphatic rings. The first kappa shape index (κ1) is 14.3. The summed E-state index contributed by atoms with van der Waals surface area (Å²) < 4.78 is 37.7. The van der Waals surface area contributed by atoms with Crippen molar-refractivity contribution in [2.24, 2.45) is 5.73 Å². The maximum absolute atomic E-state index is 12.6. The molecule has 1 aromatic carbocycles. The topological polar surface area (TPSA) is 46.2 Å². The third-order valence-electron chi connectivity index (χ3n) is 2.41. The fraction of sp³-hybridized carbons (Fsp3) is 0.455. The maximum atomic E-state index is 12.6. The second-order valence-corrected chi connectivity index (χ2v) is 4.06. The first-order chi connectivity index (χ1) is 7.88. The SMILES string of the molecule is N[C@H](CCCO)c1cccc(C(F)(F)F)c1Cl. The molecule has 1 aromatic rings. The van der Waals surface area contributed by atoms with E-state index >= 15 is 0 Å². The van der Waals surface area contributed by atoms with Gasteiger partial charge in [-0.1, -0.05) is 23.7 Å². The fourth-order valence-electron chi connectivity index (χ4n) is 1.52. The quantitative estimate of drug-likeness (QED) is 0.880. The number of alkyl halides is 3.